The van der Waals surface area contributed by atoms with Crippen molar-refractivity contribution in [1.82, 2.24) is 14.7 Å². The maximum atomic E-state index is 11.4. The molecule has 0 radical (unpaired) electrons. The third kappa shape index (κ3) is 4.05. The quantitative estimate of drug-likeness (QED) is 0.796. The topological polar surface area (TPSA) is 59.8 Å². The van der Waals surface area contributed by atoms with E-state index >= 15 is 0 Å². The van der Waals surface area contributed by atoms with Crippen LogP contribution < -0.4 is 0 Å². The summed E-state index contributed by atoms with van der Waals surface area (Å²) >= 11 is 0. The lowest BCUT2D eigenvalue weighted by Crippen LogP contribution is -2.47. The zero-order chi connectivity index (χ0) is 16.8. The van der Waals surface area contributed by atoms with Gasteiger partial charge in [0.25, 0.3) is 0 Å². The molecule has 2 saturated heterocycles. The standard InChI is InChI=1S/C18H24N4O2/c19-15-17(16-5-2-1-3-6-16)21-11-9-20(10-12-21)7-4-8-22-13-14-24-18(22)23/h1-3,5-6,17H,4,7-14H2/t17-/m1/s1. The molecular weight excluding hydrogens is 304 g/mol. The summed E-state index contributed by atoms with van der Waals surface area (Å²) in [5, 5.41) is 9.53. The maximum Gasteiger partial charge on any atom is 0.409 e. The Hall–Kier alpha value is -2.10. The normalized spacial score (nSPS) is 20.6. The van der Waals surface area contributed by atoms with Gasteiger partial charge in [0.2, 0.25) is 0 Å². The van der Waals surface area contributed by atoms with E-state index in [1.54, 1.807) is 4.90 Å². The van der Waals surface area contributed by atoms with Gasteiger partial charge in [-0.05, 0) is 18.5 Å². The molecule has 0 bridgehead atoms. The molecule has 0 aromatic heterocycles. The van der Waals surface area contributed by atoms with E-state index in [1.807, 2.05) is 30.3 Å². The van der Waals surface area contributed by atoms with E-state index in [4.69, 9.17) is 4.74 Å². The van der Waals surface area contributed by atoms with Gasteiger partial charge in [-0.3, -0.25) is 4.90 Å². The summed E-state index contributed by atoms with van der Waals surface area (Å²) in [6.45, 7) is 6.73. The highest BCUT2D eigenvalue weighted by molar-refractivity contribution is 5.69. The molecule has 0 aliphatic carbocycles. The minimum absolute atomic E-state index is 0.160. The summed E-state index contributed by atoms with van der Waals surface area (Å²) < 4.78 is 4.94. The lowest BCUT2D eigenvalue weighted by Gasteiger charge is -2.37. The Morgan fingerprint density at radius 1 is 1.08 bits per heavy atom. The molecule has 0 N–H and O–H groups in total. The van der Waals surface area contributed by atoms with E-state index in [0.717, 1.165) is 51.3 Å². The molecule has 2 aliphatic rings. The highest BCUT2D eigenvalue weighted by atomic mass is 16.6. The number of hydrogen-bond acceptors (Lipinski definition) is 5. The van der Waals surface area contributed by atoms with Gasteiger partial charge in [-0.1, -0.05) is 30.3 Å². The molecule has 24 heavy (non-hydrogen) atoms. The van der Waals surface area contributed by atoms with Crippen molar-refractivity contribution in [2.75, 3.05) is 52.4 Å². The number of nitriles is 1. The Morgan fingerprint density at radius 3 is 2.46 bits per heavy atom. The van der Waals surface area contributed by atoms with Gasteiger partial charge in [-0.15, -0.1) is 0 Å². The van der Waals surface area contributed by atoms with Crippen molar-refractivity contribution < 1.29 is 9.53 Å². The van der Waals surface area contributed by atoms with Crippen LogP contribution in [0.25, 0.3) is 0 Å². The first-order valence-electron chi connectivity index (χ1n) is 8.60. The second kappa shape index (κ2) is 8.13. The molecule has 1 aromatic carbocycles. The van der Waals surface area contributed by atoms with Crippen molar-refractivity contribution in [3.05, 3.63) is 35.9 Å². The molecule has 0 unspecified atom stereocenters. The summed E-state index contributed by atoms with van der Waals surface area (Å²) in [5.74, 6) is 0. The fourth-order valence-electron chi connectivity index (χ4n) is 3.36. The molecule has 2 fully saturated rings. The van der Waals surface area contributed by atoms with Crippen LogP contribution in [0.4, 0.5) is 4.79 Å². The lowest BCUT2D eigenvalue weighted by atomic mass is 10.1. The van der Waals surface area contributed by atoms with Crippen molar-refractivity contribution in [1.29, 1.82) is 5.26 Å². The molecule has 1 amide bonds. The maximum absolute atomic E-state index is 11.4. The number of carbonyl (C=O) groups is 1. The second-order valence-corrected chi connectivity index (χ2v) is 6.27. The molecular formula is C18H24N4O2. The molecule has 1 aromatic rings. The molecule has 128 valence electrons. The Kier molecular flexibility index (Phi) is 5.68. The minimum Gasteiger partial charge on any atom is -0.448 e. The average molecular weight is 328 g/mol. The first-order chi connectivity index (χ1) is 11.8. The van der Waals surface area contributed by atoms with Gasteiger partial charge in [-0.2, -0.15) is 5.26 Å². The molecule has 2 aliphatic heterocycles. The third-order valence-corrected chi connectivity index (χ3v) is 4.76. The zero-order valence-corrected chi connectivity index (χ0v) is 13.9. The van der Waals surface area contributed by atoms with Gasteiger partial charge in [0.15, 0.2) is 0 Å². The number of ether oxygens (including phenoxy) is 1. The SMILES string of the molecule is N#C[C@H](c1ccccc1)N1CCN(CCCN2CCOC2=O)CC1. The predicted octanol–water partition coefficient (Wildman–Crippen LogP) is 1.71. The fraction of sp³-hybridized carbons (Fsp3) is 0.556. The first-order valence-corrected chi connectivity index (χ1v) is 8.60. The largest absolute Gasteiger partial charge is 0.448 e. The smallest absolute Gasteiger partial charge is 0.409 e. The number of amides is 1. The summed E-state index contributed by atoms with van der Waals surface area (Å²) in [6.07, 6.45) is 0.787. The van der Waals surface area contributed by atoms with Crippen molar-refractivity contribution in [2.24, 2.45) is 0 Å². The van der Waals surface area contributed by atoms with Crippen LogP contribution in [0.3, 0.4) is 0 Å². The second-order valence-electron chi connectivity index (χ2n) is 6.27. The Balaban J connectivity index is 1.42. The van der Waals surface area contributed by atoms with Crippen LogP contribution in [0.2, 0.25) is 0 Å². The van der Waals surface area contributed by atoms with Crippen molar-refractivity contribution in [3.63, 3.8) is 0 Å². The summed E-state index contributed by atoms with van der Waals surface area (Å²) in [5.41, 5.74) is 1.07. The van der Waals surface area contributed by atoms with E-state index < -0.39 is 0 Å². The van der Waals surface area contributed by atoms with Crippen LogP contribution in [0.1, 0.15) is 18.0 Å². The van der Waals surface area contributed by atoms with E-state index in [9.17, 15) is 10.1 Å². The number of hydrogen-bond donors (Lipinski definition) is 0. The predicted molar refractivity (Wildman–Crippen MR) is 90.3 cm³/mol. The van der Waals surface area contributed by atoms with Crippen LogP contribution in [0.15, 0.2) is 30.3 Å². The van der Waals surface area contributed by atoms with Crippen molar-refractivity contribution >= 4 is 6.09 Å². The van der Waals surface area contributed by atoms with Gasteiger partial charge < -0.3 is 14.5 Å². The van der Waals surface area contributed by atoms with Gasteiger partial charge in [0.05, 0.1) is 12.6 Å². The number of rotatable bonds is 6. The van der Waals surface area contributed by atoms with E-state index in [-0.39, 0.29) is 12.1 Å². The highest BCUT2D eigenvalue weighted by Crippen LogP contribution is 2.21. The van der Waals surface area contributed by atoms with Crippen LogP contribution in [0, 0.1) is 11.3 Å². The number of piperazine rings is 1. The fourth-order valence-corrected chi connectivity index (χ4v) is 3.36. The number of benzene rings is 1. The Morgan fingerprint density at radius 2 is 1.83 bits per heavy atom. The Labute approximate surface area is 143 Å². The van der Waals surface area contributed by atoms with E-state index in [2.05, 4.69) is 15.9 Å². The van der Waals surface area contributed by atoms with Gasteiger partial charge in [0.1, 0.15) is 12.6 Å². The summed E-state index contributed by atoms with van der Waals surface area (Å²) in [7, 11) is 0. The first kappa shape index (κ1) is 16.7. The van der Waals surface area contributed by atoms with Crippen molar-refractivity contribution in [3.8, 4) is 6.07 Å². The van der Waals surface area contributed by atoms with E-state index in [1.165, 1.54) is 0 Å². The molecule has 3 rings (SSSR count). The van der Waals surface area contributed by atoms with Crippen LogP contribution in [-0.2, 0) is 4.74 Å². The highest BCUT2D eigenvalue weighted by Gasteiger charge is 2.25. The summed E-state index contributed by atoms with van der Waals surface area (Å²) in [6, 6.07) is 12.3. The molecule has 0 saturated carbocycles. The van der Waals surface area contributed by atoms with Crippen LogP contribution >= 0.6 is 0 Å². The Bertz CT molecular complexity index is 578. The molecule has 1 atom stereocenters. The monoisotopic (exact) mass is 328 g/mol. The van der Waals surface area contributed by atoms with Crippen LogP contribution in [0.5, 0.6) is 0 Å². The molecule has 6 heteroatoms. The molecule has 0 spiro atoms. The van der Waals surface area contributed by atoms with Crippen LogP contribution in [-0.4, -0.2) is 73.2 Å². The van der Waals surface area contributed by atoms with Gasteiger partial charge >= 0.3 is 6.09 Å². The number of cyclic esters (lactones) is 1. The number of carbonyl (C=O) groups excluding carboxylic acids is 1. The molecule has 6 nitrogen and oxygen atoms in total. The summed E-state index contributed by atoms with van der Waals surface area (Å²) in [4.78, 5) is 17.8. The van der Waals surface area contributed by atoms with Gasteiger partial charge in [-0.25, -0.2) is 4.79 Å². The van der Waals surface area contributed by atoms with E-state index in [0.29, 0.717) is 13.2 Å². The molecule has 2 heterocycles. The van der Waals surface area contributed by atoms with Gasteiger partial charge in [0, 0.05) is 32.7 Å². The lowest BCUT2D eigenvalue weighted by molar-refractivity contribution is 0.110. The average Bonchev–Trinajstić information content (AvgIpc) is 3.03. The zero-order valence-electron chi connectivity index (χ0n) is 13.9. The third-order valence-electron chi connectivity index (χ3n) is 4.76. The number of nitrogens with zero attached hydrogens (tertiary/aromatic N) is 4. The van der Waals surface area contributed by atoms with Crippen molar-refractivity contribution in [2.45, 2.75) is 12.5 Å². The minimum atomic E-state index is -0.181.